The first-order valence-corrected chi connectivity index (χ1v) is 10.6. The third kappa shape index (κ3) is 5.82. The number of benzene rings is 1. The van der Waals surface area contributed by atoms with Crippen LogP contribution in [0.5, 0.6) is 0 Å². The van der Waals surface area contributed by atoms with Crippen molar-refractivity contribution in [3.8, 4) is 0 Å². The zero-order valence-corrected chi connectivity index (χ0v) is 18.5. The first-order valence-electron chi connectivity index (χ1n) is 10.6. The van der Waals surface area contributed by atoms with E-state index < -0.39 is 0 Å². The van der Waals surface area contributed by atoms with Gasteiger partial charge in [0.05, 0.1) is 12.2 Å². The molecule has 0 radical (unpaired) electrons. The van der Waals surface area contributed by atoms with Crippen LogP contribution >= 0.6 is 0 Å². The summed E-state index contributed by atoms with van der Waals surface area (Å²) in [6.45, 7) is 11.0. The number of likely N-dealkylation sites (tertiary alicyclic amines) is 1. The normalized spacial score (nSPS) is 16.2. The molecule has 29 heavy (non-hydrogen) atoms. The third-order valence-corrected chi connectivity index (χ3v) is 5.93. The second kappa shape index (κ2) is 9.92. The van der Waals surface area contributed by atoms with Crippen molar-refractivity contribution in [2.45, 2.75) is 46.7 Å². The highest BCUT2D eigenvalue weighted by Crippen LogP contribution is 2.19. The molecule has 0 saturated carbocycles. The Morgan fingerprint density at radius 1 is 1.24 bits per heavy atom. The van der Waals surface area contributed by atoms with Gasteiger partial charge in [-0.25, -0.2) is 4.98 Å². The lowest BCUT2D eigenvalue weighted by molar-refractivity contribution is 0.163. The molecule has 0 amide bonds. The van der Waals surface area contributed by atoms with E-state index in [-0.39, 0.29) is 0 Å². The van der Waals surface area contributed by atoms with Crippen molar-refractivity contribution in [1.82, 2.24) is 20.1 Å². The molecule has 1 aliphatic rings. The molecule has 2 aromatic rings. The smallest absolute Gasteiger partial charge is 0.208 e. The summed E-state index contributed by atoms with van der Waals surface area (Å²) in [7, 11) is 3.96. The SMILES string of the molecule is CN=C(NCC1CCN(Cc2nc(C)c(C)o2)CC1)N(C)Cc1ccccc1C. The summed E-state index contributed by atoms with van der Waals surface area (Å²) in [5.41, 5.74) is 3.65. The number of aryl methyl sites for hydroxylation is 3. The van der Waals surface area contributed by atoms with Gasteiger partial charge in [0.2, 0.25) is 5.89 Å². The van der Waals surface area contributed by atoms with E-state index in [1.807, 2.05) is 20.9 Å². The maximum atomic E-state index is 5.73. The topological polar surface area (TPSA) is 56.9 Å². The molecule has 1 N–H and O–H groups in total. The summed E-state index contributed by atoms with van der Waals surface area (Å²) in [4.78, 5) is 13.6. The lowest BCUT2D eigenvalue weighted by atomic mass is 9.97. The number of oxazole rings is 1. The molecule has 1 aromatic heterocycles. The lowest BCUT2D eigenvalue weighted by Gasteiger charge is -2.32. The molecule has 0 bridgehead atoms. The Morgan fingerprint density at radius 3 is 2.59 bits per heavy atom. The molecule has 0 atom stereocenters. The van der Waals surface area contributed by atoms with Crippen molar-refractivity contribution in [3.05, 3.63) is 52.7 Å². The Hall–Kier alpha value is -2.34. The zero-order valence-electron chi connectivity index (χ0n) is 18.5. The Balaban J connectivity index is 1.43. The summed E-state index contributed by atoms with van der Waals surface area (Å²) >= 11 is 0. The maximum absolute atomic E-state index is 5.73. The minimum Gasteiger partial charge on any atom is -0.444 e. The number of aromatic nitrogens is 1. The van der Waals surface area contributed by atoms with Crippen LogP contribution < -0.4 is 5.32 Å². The van der Waals surface area contributed by atoms with Crippen molar-refractivity contribution in [2.75, 3.05) is 33.7 Å². The zero-order chi connectivity index (χ0) is 20.8. The van der Waals surface area contributed by atoms with Gasteiger partial charge in [-0.05, 0) is 63.7 Å². The lowest BCUT2D eigenvalue weighted by Crippen LogP contribution is -2.43. The number of nitrogens with zero attached hydrogens (tertiary/aromatic N) is 4. The van der Waals surface area contributed by atoms with Crippen LogP contribution in [0.4, 0.5) is 0 Å². The summed E-state index contributed by atoms with van der Waals surface area (Å²) in [5, 5.41) is 3.58. The van der Waals surface area contributed by atoms with Crippen molar-refractivity contribution in [3.63, 3.8) is 0 Å². The Kier molecular flexibility index (Phi) is 7.31. The molecule has 0 spiro atoms. The van der Waals surface area contributed by atoms with Crippen molar-refractivity contribution in [2.24, 2.45) is 10.9 Å². The monoisotopic (exact) mass is 397 g/mol. The predicted molar refractivity (Wildman–Crippen MR) is 118 cm³/mol. The molecular formula is C23H35N5O. The molecule has 1 fully saturated rings. The number of aliphatic imine (C=N–C) groups is 1. The van der Waals surface area contributed by atoms with Crippen LogP contribution in [0.3, 0.4) is 0 Å². The highest BCUT2D eigenvalue weighted by molar-refractivity contribution is 5.79. The molecule has 6 heteroatoms. The Bertz CT molecular complexity index is 801. The van der Waals surface area contributed by atoms with E-state index in [0.29, 0.717) is 5.92 Å². The predicted octanol–water partition coefficient (Wildman–Crippen LogP) is 3.52. The van der Waals surface area contributed by atoms with E-state index in [9.17, 15) is 0 Å². The minimum atomic E-state index is 0.669. The number of piperidine rings is 1. The van der Waals surface area contributed by atoms with Crippen LogP contribution in [0, 0.1) is 26.7 Å². The van der Waals surface area contributed by atoms with Gasteiger partial charge in [0.15, 0.2) is 5.96 Å². The highest BCUT2D eigenvalue weighted by atomic mass is 16.4. The molecule has 2 heterocycles. The van der Waals surface area contributed by atoms with Gasteiger partial charge in [0, 0.05) is 27.2 Å². The average molecular weight is 398 g/mol. The van der Waals surface area contributed by atoms with Gasteiger partial charge in [0.25, 0.3) is 0 Å². The van der Waals surface area contributed by atoms with Crippen LogP contribution in [-0.2, 0) is 13.1 Å². The average Bonchev–Trinajstić information content (AvgIpc) is 3.02. The van der Waals surface area contributed by atoms with Gasteiger partial charge in [-0.2, -0.15) is 0 Å². The second-order valence-corrected chi connectivity index (χ2v) is 8.18. The van der Waals surface area contributed by atoms with Crippen molar-refractivity contribution >= 4 is 5.96 Å². The van der Waals surface area contributed by atoms with Gasteiger partial charge < -0.3 is 14.6 Å². The fraction of sp³-hybridized carbons (Fsp3) is 0.565. The first-order chi connectivity index (χ1) is 14.0. The fourth-order valence-electron chi connectivity index (χ4n) is 3.89. The molecule has 1 saturated heterocycles. The van der Waals surface area contributed by atoms with E-state index in [4.69, 9.17) is 4.42 Å². The van der Waals surface area contributed by atoms with Crippen molar-refractivity contribution < 1.29 is 4.42 Å². The summed E-state index contributed by atoms with van der Waals surface area (Å²) in [6.07, 6.45) is 2.37. The quantitative estimate of drug-likeness (QED) is 0.597. The number of hydrogen-bond donors (Lipinski definition) is 1. The van der Waals surface area contributed by atoms with Crippen LogP contribution in [-0.4, -0.2) is 54.5 Å². The van der Waals surface area contributed by atoms with Gasteiger partial charge >= 0.3 is 0 Å². The van der Waals surface area contributed by atoms with Gasteiger partial charge in [-0.15, -0.1) is 0 Å². The molecule has 158 valence electrons. The van der Waals surface area contributed by atoms with Crippen LogP contribution in [0.15, 0.2) is 33.7 Å². The highest BCUT2D eigenvalue weighted by Gasteiger charge is 2.21. The van der Waals surface area contributed by atoms with E-state index in [1.54, 1.807) is 0 Å². The Morgan fingerprint density at radius 2 is 1.97 bits per heavy atom. The van der Waals surface area contributed by atoms with Crippen LogP contribution in [0.25, 0.3) is 0 Å². The van der Waals surface area contributed by atoms with Gasteiger partial charge in [-0.1, -0.05) is 24.3 Å². The first kappa shape index (κ1) is 21.4. The maximum Gasteiger partial charge on any atom is 0.208 e. The number of hydrogen-bond acceptors (Lipinski definition) is 4. The number of rotatable bonds is 6. The van der Waals surface area contributed by atoms with Crippen molar-refractivity contribution in [1.29, 1.82) is 0 Å². The fourth-order valence-corrected chi connectivity index (χ4v) is 3.89. The molecular weight excluding hydrogens is 362 g/mol. The van der Waals surface area contributed by atoms with E-state index in [0.717, 1.165) is 56.0 Å². The largest absolute Gasteiger partial charge is 0.444 e. The Labute approximate surface area is 175 Å². The molecule has 1 aliphatic heterocycles. The summed E-state index contributed by atoms with van der Waals surface area (Å²) in [6, 6.07) is 8.53. The molecule has 0 unspecified atom stereocenters. The number of nitrogens with one attached hydrogen (secondary N) is 1. The molecule has 1 aromatic carbocycles. The van der Waals surface area contributed by atoms with E-state index >= 15 is 0 Å². The molecule has 0 aliphatic carbocycles. The van der Waals surface area contributed by atoms with E-state index in [1.165, 1.54) is 24.0 Å². The van der Waals surface area contributed by atoms with Gasteiger partial charge in [-0.3, -0.25) is 9.89 Å². The molecule has 3 rings (SSSR count). The summed E-state index contributed by atoms with van der Waals surface area (Å²) in [5.74, 6) is 3.40. The van der Waals surface area contributed by atoms with Gasteiger partial charge in [0.1, 0.15) is 5.76 Å². The van der Waals surface area contributed by atoms with E-state index in [2.05, 4.69) is 63.3 Å². The summed E-state index contributed by atoms with van der Waals surface area (Å²) < 4.78 is 5.73. The molecule has 6 nitrogen and oxygen atoms in total. The minimum absolute atomic E-state index is 0.669. The third-order valence-electron chi connectivity index (χ3n) is 5.93. The van der Waals surface area contributed by atoms with Crippen LogP contribution in [0.2, 0.25) is 0 Å². The van der Waals surface area contributed by atoms with Crippen LogP contribution in [0.1, 0.15) is 41.3 Å². The standard InChI is InChI=1S/C23H35N5O/c1-17-8-6-7-9-21(17)15-27(5)23(24-4)25-14-20-10-12-28(13-11-20)16-22-26-18(2)19(3)29-22/h6-9,20H,10-16H2,1-5H3,(H,24,25). The second-order valence-electron chi connectivity index (χ2n) is 8.18. The number of guanidine groups is 1.